The smallest absolute Gasteiger partial charge is 0.0861 e. The van der Waals surface area contributed by atoms with E-state index in [1.165, 1.54) is 19.3 Å². The topological polar surface area (TPSA) is 52.5 Å². The Labute approximate surface area is 103 Å². The van der Waals surface area contributed by atoms with Crippen molar-refractivity contribution in [2.24, 2.45) is 5.41 Å². The quantitative estimate of drug-likeness (QED) is 0.684. The van der Waals surface area contributed by atoms with Gasteiger partial charge in [-0.05, 0) is 25.3 Å². The SMILES string of the molecule is CNC1C(SCC(O)CO)CCCC1(C)C. The first kappa shape index (κ1) is 14.3. The van der Waals surface area contributed by atoms with Crippen molar-refractivity contribution in [3.05, 3.63) is 0 Å². The van der Waals surface area contributed by atoms with Crippen molar-refractivity contribution in [1.29, 1.82) is 0 Å². The number of nitrogens with one attached hydrogen (secondary N) is 1. The van der Waals surface area contributed by atoms with Gasteiger partial charge in [-0.2, -0.15) is 11.8 Å². The van der Waals surface area contributed by atoms with Gasteiger partial charge in [-0.15, -0.1) is 0 Å². The maximum Gasteiger partial charge on any atom is 0.0861 e. The van der Waals surface area contributed by atoms with Gasteiger partial charge < -0.3 is 15.5 Å². The molecule has 0 radical (unpaired) electrons. The van der Waals surface area contributed by atoms with Crippen LogP contribution in [0.3, 0.4) is 0 Å². The zero-order valence-electron chi connectivity index (χ0n) is 10.6. The fraction of sp³-hybridized carbons (Fsp3) is 1.00. The monoisotopic (exact) mass is 247 g/mol. The van der Waals surface area contributed by atoms with E-state index >= 15 is 0 Å². The molecule has 16 heavy (non-hydrogen) atoms. The molecule has 1 aliphatic rings. The molecule has 0 aromatic heterocycles. The zero-order chi connectivity index (χ0) is 12.2. The minimum atomic E-state index is -0.576. The number of aliphatic hydroxyl groups excluding tert-OH is 2. The van der Waals surface area contributed by atoms with Gasteiger partial charge in [0.25, 0.3) is 0 Å². The van der Waals surface area contributed by atoms with Crippen LogP contribution in [0.4, 0.5) is 0 Å². The second-order valence-electron chi connectivity index (χ2n) is 5.36. The summed E-state index contributed by atoms with van der Waals surface area (Å²) in [5.74, 6) is 0.634. The molecule has 96 valence electrons. The van der Waals surface area contributed by atoms with Gasteiger partial charge in [-0.3, -0.25) is 0 Å². The molecular formula is C12H25NO2S. The highest BCUT2D eigenvalue weighted by Gasteiger charge is 2.38. The van der Waals surface area contributed by atoms with E-state index in [2.05, 4.69) is 19.2 Å². The van der Waals surface area contributed by atoms with Gasteiger partial charge in [-0.25, -0.2) is 0 Å². The second-order valence-corrected chi connectivity index (χ2v) is 6.63. The minimum absolute atomic E-state index is 0.132. The lowest BCUT2D eigenvalue weighted by molar-refractivity contribution is 0.113. The van der Waals surface area contributed by atoms with Crippen molar-refractivity contribution in [2.75, 3.05) is 19.4 Å². The predicted molar refractivity (Wildman–Crippen MR) is 69.8 cm³/mol. The van der Waals surface area contributed by atoms with Crippen LogP contribution in [-0.2, 0) is 0 Å². The van der Waals surface area contributed by atoms with Gasteiger partial charge in [0.2, 0.25) is 0 Å². The molecule has 1 fully saturated rings. The molecule has 4 heteroatoms. The molecule has 0 amide bonds. The molecule has 0 aliphatic heterocycles. The Bertz CT molecular complexity index is 211. The zero-order valence-corrected chi connectivity index (χ0v) is 11.4. The summed E-state index contributed by atoms with van der Waals surface area (Å²) >= 11 is 1.79. The van der Waals surface area contributed by atoms with E-state index in [4.69, 9.17) is 5.11 Å². The van der Waals surface area contributed by atoms with Gasteiger partial charge in [0.1, 0.15) is 0 Å². The van der Waals surface area contributed by atoms with Crippen LogP contribution in [0.1, 0.15) is 33.1 Å². The molecule has 3 unspecified atom stereocenters. The maximum absolute atomic E-state index is 9.39. The Morgan fingerprint density at radius 1 is 1.50 bits per heavy atom. The van der Waals surface area contributed by atoms with E-state index < -0.39 is 6.10 Å². The number of aliphatic hydroxyl groups is 2. The summed E-state index contributed by atoms with van der Waals surface area (Å²) in [5.41, 5.74) is 0.328. The Kier molecular flexibility index (Phi) is 5.57. The van der Waals surface area contributed by atoms with E-state index in [9.17, 15) is 5.11 Å². The highest BCUT2D eigenvalue weighted by molar-refractivity contribution is 8.00. The Hall–Kier alpha value is 0.230. The molecule has 3 atom stereocenters. The van der Waals surface area contributed by atoms with E-state index in [1.807, 2.05) is 7.05 Å². The van der Waals surface area contributed by atoms with Crippen molar-refractivity contribution in [2.45, 2.75) is 50.5 Å². The van der Waals surface area contributed by atoms with E-state index in [-0.39, 0.29) is 6.61 Å². The first-order valence-corrected chi connectivity index (χ1v) is 7.14. The van der Waals surface area contributed by atoms with Crippen LogP contribution in [0.5, 0.6) is 0 Å². The predicted octanol–water partition coefficient (Wildman–Crippen LogP) is 1.24. The number of thioether (sulfide) groups is 1. The second kappa shape index (κ2) is 6.24. The maximum atomic E-state index is 9.39. The summed E-state index contributed by atoms with van der Waals surface area (Å²) in [5, 5.41) is 22.2. The molecule has 0 spiro atoms. The molecule has 1 aliphatic carbocycles. The molecule has 0 aromatic rings. The van der Waals surface area contributed by atoms with Crippen LogP contribution in [0.25, 0.3) is 0 Å². The highest BCUT2D eigenvalue weighted by Crippen LogP contribution is 2.40. The first-order valence-electron chi connectivity index (χ1n) is 6.09. The van der Waals surface area contributed by atoms with Gasteiger partial charge in [0, 0.05) is 17.0 Å². The summed E-state index contributed by atoms with van der Waals surface area (Å²) < 4.78 is 0. The van der Waals surface area contributed by atoms with Crippen molar-refractivity contribution in [3.63, 3.8) is 0 Å². The van der Waals surface area contributed by atoms with E-state index in [0.29, 0.717) is 22.5 Å². The number of hydrogen-bond acceptors (Lipinski definition) is 4. The summed E-state index contributed by atoms with van der Waals surface area (Å²) in [6.45, 7) is 4.49. The average molecular weight is 247 g/mol. The van der Waals surface area contributed by atoms with E-state index in [0.717, 1.165) is 0 Å². The fourth-order valence-electron chi connectivity index (χ4n) is 2.63. The Balaban J connectivity index is 2.50. The summed E-state index contributed by atoms with van der Waals surface area (Å²) in [6.07, 6.45) is 3.15. The highest BCUT2D eigenvalue weighted by atomic mass is 32.2. The lowest BCUT2D eigenvalue weighted by Gasteiger charge is -2.44. The van der Waals surface area contributed by atoms with Crippen molar-refractivity contribution in [1.82, 2.24) is 5.32 Å². The van der Waals surface area contributed by atoms with Crippen LogP contribution in [-0.4, -0.2) is 47.0 Å². The Morgan fingerprint density at radius 3 is 2.75 bits per heavy atom. The van der Waals surface area contributed by atoms with Gasteiger partial charge >= 0.3 is 0 Å². The van der Waals surface area contributed by atoms with Crippen LogP contribution in [0, 0.1) is 5.41 Å². The number of rotatable bonds is 5. The molecule has 0 saturated heterocycles. The average Bonchev–Trinajstić information content (AvgIpc) is 2.24. The van der Waals surface area contributed by atoms with Crippen LogP contribution in [0.15, 0.2) is 0 Å². The third kappa shape index (κ3) is 3.62. The molecular weight excluding hydrogens is 222 g/mol. The third-order valence-electron chi connectivity index (χ3n) is 3.55. The van der Waals surface area contributed by atoms with Gasteiger partial charge in [-0.1, -0.05) is 20.3 Å². The largest absolute Gasteiger partial charge is 0.394 e. The van der Waals surface area contributed by atoms with E-state index in [1.54, 1.807) is 11.8 Å². The van der Waals surface area contributed by atoms with Crippen LogP contribution < -0.4 is 5.32 Å². The van der Waals surface area contributed by atoms with Crippen LogP contribution >= 0.6 is 11.8 Å². The molecule has 3 N–H and O–H groups in total. The van der Waals surface area contributed by atoms with Crippen molar-refractivity contribution >= 4 is 11.8 Å². The molecule has 0 aromatic carbocycles. The molecule has 3 nitrogen and oxygen atoms in total. The number of hydrogen-bond donors (Lipinski definition) is 3. The molecule has 1 rings (SSSR count). The van der Waals surface area contributed by atoms with Crippen molar-refractivity contribution in [3.8, 4) is 0 Å². The van der Waals surface area contributed by atoms with Gasteiger partial charge in [0.05, 0.1) is 12.7 Å². The Morgan fingerprint density at radius 2 is 2.19 bits per heavy atom. The summed E-state index contributed by atoms with van der Waals surface area (Å²) in [7, 11) is 2.02. The summed E-state index contributed by atoms with van der Waals surface area (Å²) in [4.78, 5) is 0. The van der Waals surface area contributed by atoms with Crippen molar-refractivity contribution < 1.29 is 10.2 Å². The first-order chi connectivity index (χ1) is 7.51. The minimum Gasteiger partial charge on any atom is -0.394 e. The lowest BCUT2D eigenvalue weighted by Crippen LogP contribution is -2.50. The molecule has 0 bridgehead atoms. The van der Waals surface area contributed by atoms with Crippen LogP contribution in [0.2, 0.25) is 0 Å². The lowest BCUT2D eigenvalue weighted by atomic mass is 9.73. The van der Waals surface area contributed by atoms with Gasteiger partial charge in [0.15, 0.2) is 0 Å². The molecule has 1 saturated carbocycles. The standard InChI is InChI=1S/C12H25NO2S/c1-12(2)6-4-5-10(11(12)13-3)16-8-9(15)7-14/h9-11,13-15H,4-8H2,1-3H3. The summed E-state index contributed by atoms with van der Waals surface area (Å²) in [6, 6.07) is 0.497. The molecule has 0 heterocycles. The fourth-order valence-corrected chi connectivity index (χ4v) is 4.23. The third-order valence-corrected chi connectivity index (χ3v) is 5.06. The normalized spacial score (nSPS) is 31.3.